The van der Waals surface area contributed by atoms with Crippen LogP contribution in [0.25, 0.3) is 11.4 Å². The van der Waals surface area contributed by atoms with Gasteiger partial charge in [-0.2, -0.15) is 0 Å². The molecular formula is C18H18N2O3. The van der Waals surface area contributed by atoms with Crippen LogP contribution < -0.4 is 5.56 Å². The van der Waals surface area contributed by atoms with E-state index in [1.165, 1.54) is 10.6 Å². The maximum atomic E-state index is 12.8. The summed E-state index contributed by atoms with van der Waals surface area (Å²) < 4.78 is 1.47. The Kier molecular flexibility index (Phi) is 3.43. The van der Waals surface area contributed by atoms with Gasteiger partial charge in [0.1, 0.15) is 5.76 Å². The van der Waals surface area contributed by atoms with Crippen LogP contribution in [0.3, 0.4) is 0 Å². The zero-order valence-electron chi connectivity index (χ0n) is 13.2. The number of carbonyl (C=O) groups excluding carboxylic acids is 1. The second kappa shape index (κ2) is 5.19. The lowest BCUT2D eigenvalue weighted by Crippen LogP contribution is -2.35. The number of Topliss-reactive ketones (excluding diaryl/α,β-unsaturated/α-hetero) is 1. The summed E-state index contributed by atoms with van der Waals surface area (Å²) in [6.45, 7) is 7.45. The molecule has 5 nitrogen and oxygen atoms in total. The van der Waals surface area contributed by atoms with Crippen LogP contribution in [0, 0.1) is 5.41 Å². The van der Waals surface area contributed by atoms with Gasteiger partial charge in [0.25, 0.3) is 5.56 Å². The fourth-order valence-electron chi connectivity index (χ4n) is 3.08. The number of pyridine rings is 2. The molecular weight excluding hydrogens is 292 g/mol. The molecule has 2 aromatic rings. The second-order valence-corrected chi connectivity index (χ2v) is 6.66. The first-order valence-corrected chi connectivity index (χ1v) is 7.41. The molecule has 2 heterocycles. The van der Waals surface area contributed by atoms with Crippen molar-refractivity contribution < 1.29 is 9.90 Å². The van der Waals surface area contributed by atoms with E-state index in [2.05, 4.69) is 11.6 Å². The maximum Gasteiger partial charge on any atom is 0.266 e. The average molecular weight is 310 g/mol. The van der Waals surface area contributed by atoms with E-state index in [9.17, 15) is 14.7 Å². The molecule has 1 aliphatic carbocycles. The largest absolute Gasteiger partial charge is 0.508 e. The second-order valence-electron chi connectivity index (χ2n) is 6.66. The van der Waals surface area contributed by atoms with Crippen LogP contribution >= 0.6 is 0 Å². The number of ketones is 1. The zero-order chi connectivity index (χ0) is 16.8. The molecule has 0 fully saturated rings. The Balaban J connectivity index is 2.40. The minimum absolute atomic E-state index is 0.0311. The van der Waals surface area contributed by atoms with E-state index in [4.69, 9.17) is 0 Å². The SMILES string of the molecule is C=C(O)c1cc2c(n(-c3cccnc3)c1=O)CC(C)(C)CC2=O. The molecule has 0 amide bonds. The summed E-state index contributed by atoms with van der Waals surface area (Å²) in [4.78, 5) is 29.4. The van der Waals surface area contributed by atoms with Gasteiger partial charge in [-0.25, -0.2) is 0 Å². The van der Waals surface area contributed by atoms with Crippen LogP contribution in [0.5, 0.6) is 0 Å². The highest BCUT2D eigenvalue weighted by Crippen LogP contribution is 2.35. The Morgan fingerprint density at radius 3 is 2.70 bits per heavy atom. The molecule has 0 aromatic carbocycles. The van der Waals surface area contributed by atoms with Crippen molar-refractivity contribution in [3.8, 4) is 5.69 Å². The molecule has 2 aromatic heterocycles. The Morgan fingerprint density at radius 2 is 2.09 bits per heavy atom. The van der Waals surface area contributed by atoms with Crippen molar-refractivity contribution in [2.75, 3.05) is 0 Å². The van der Waals surface area contributed by atoms with Crippen LogP contribution in [0.15, 0.2) is 42.0 Å². The molecule has 23 heavy (non-hydrogen) atoms. The van der Waals surface area contributed by atoms with Crippen LogP contribution in [-0.2, 0) is 6.42 Å². The van der Waals surface area contributed by atoms with Gasteiger partial charge in [-0.3, -0.25) is 19.1 Å². The minimum Gasteiger partial charge on any atom is -0.508 e. The number of carbonyl (C=O) groups is 1. The predicted molar refractivity (Wildman–Crippen MR) is 87.9 cm³/mol. The number of hydrogen-bond donors (Lipinski definition) is 1. The summed E-state index contributed by atoms with van der Waals surface area (Å²) in [5, 5.41) is 9.73. The van der Waals surface area contributed by atoms with Gasteiger partial charge in [0, 0.05) is 23.9 Å². The quantitative estimate of drug-likeness (QED) is 0.866. The van der Waals surface area contributed by atoms with E-state index >= 15 is 0 Å². The van der Waals surface area contributed by atoms with Gasteiger partial charge in [0.15, 0.2) is 5.78 Å². The summed E-state index contributed by atoms with van der Waals surface area (Å²) in [5.74, 6) is -0.371. The zero-order valence-corrected chi connectivity index (χ0v) is 13.2. The molecule has 0 atom stereocenters. The van der Waals surface area contributed by atoms with Gasteiger partial charge in [0.05, 0.1) is 17.4 Å². The van der Waals surface area contributed by atoms with Crippen molar-refractivity contribution in [1.82, 2.24) is 9.55 Å². The Bertz CT molecular complexity index is 864. The van der Waals surface area contributed by atoms with Gasteiger partial charge in [-0.05, 0) is 30.0 Å². The van der Waals surface area contributed by atoms with Crippen molar-refractivity contribution in [2.45, 2.75) is 26.7 Å². The maximum absolute atomic E-state index is 12.8. The molecule has 0 spiro atoms. The predicted octanol–water partition coefficient (Wildman–Crippen LogP) is 2.92. The average Bonchev–Trinajstić information content (AvgIpc) is 2.46. The number of nitrogens with zero attached hydrogens (tertiary/aromatic N) is 2. The number of aliphatic hydroxyl groups is 1. The third kappa shape index (κ3) is 2.59. The van der Waals surface area contributed by atoms with E-state index in [1.807, 2.05) is 13.8 Å². The first-order chi connectivity index (χ1) is 10.8. The molecule has 0 saturated carbocycles. The summed E-state index contributed by atoms with van der Waals surface area (Å²) in [5.41, 5.74) is 1.13. The van der Waals surface area contributed by atoms with E-state index in [-0.39, 0.29) is 22.5 Å². The monoisotopic (exact) mass is 310 g/mol. The summed E-state index contributed by atoms with van der Waals surface area (Å²) >= 11 is 0. The highest BCUT2D eigenvalue weighted by atomic mass is 16.3. The van der Waals surface area contributed by atoms with Crippen molar-refractivity contribution >= 4 is 11.5 Å². The standard InChI is InChI=1S/C18H18N2O3/c1-11(21)13-7-14-15(8-18(2,3)9-16(14)22)20(17(13)23)12-5-4-6-19-10-12/h4-7,10,21H,1,8-9H2,2-3H3. The van der Waals surface area contributed by atoms with E-state index < -0.39 is 5.56 Å². The molecule has 0 aliphatic heterocycles. The third-order valence-electron chi connectivity index (χ3n) is 4.10. The molecule has 118 valence electrons. The fourth-order valence-corrected chi connectivity index (χ4v) is 3.08. The van der Waals surface area contributed by atoms with E-state index in [1.54, 1.807) is 24.5 Å². The van der Waals surface area contributed by atoms with Crippen molar-refractivity contribution in [2.24, 2.45) is 5.41 Å². The highest BCUT2D eigenvalue weighted by Gasteiger charge is 2.34. The van der Waals surface area contributed by atoms with Gasteiger partial charge in [-0.15, -0.1) is 0 Å². The lowest BCUT2D eigenvalue weighted by atomic mass is 9.75. The van der Waals surface area contributed by atoms with Crippen LogP contribution in [0.4, 0.5) is 0 Å². The van der Waals surface area contributed by atoms with Crippen LogP contribution in [-0.4, -0.2) is 20.4 Å². The van der Waals surface area contributed by atoms with Crippen molar-refractivity contribution in [1.29, 1.82) is 0 Å². The molecule has 0 saturated heterocycles. The molecule has 0 radical (unpaired) electrons. The Labute approximate surface area is 133 Å². The lowest BCUT2D eigenvalue weighted by Gasteiger charge is -2.32. The molecule has 1 N–H and O–H groups in total. The summed E-state index contributed by atoms with van der Waals surface area (Å²) in [7, 11) is 0. The topological polar surface area (TPSA) is 72.2 Å². The fraction of sp³-hybridized carbons (Fsp3) is 0.278. The van der Waals surface area contributed by atoms with Gasteiger partial charge in [-0.1, -0.05) is 20.4 Å². The van der Waals surface area contributed by atoms with Crippen molar-refractivity contribution in [3.05, 3.63) is 64.3 Å². The summed E-state index contributed by atoms with van der Waals surface area (Å²) in [6, 6.07) is 4.94. The van der Waals surface area contributed by atoms with E-state index in [0.717, 1.165) is 0 Å². The number of rotatable bonds is 2. The molecule has 0 unspecified atom stereocenters. The van der Waals surface area contributed by atoms with E-state index in [0.29, 0.717) is 29.8 Å². The van der Waals surface area contributed by atoms with Crippen LogP contribution in [0.1, 0.15) is 41.9 Å². The molecule has 1 aliphatic rings. The highest BCUT2D eigenvalue weighted by molar-refractivity contribution is 5.99. The third-order valence-corrected chi connectivity index (χ3v) is 4.10. The normalized spacial score (nSPS) is 16.0. The van der Waals surface area contributed by atoms with Crippen LogP contribution in [0.2, 0.25) is 0 Å². The number of hydrogen-bond acceptors (Lipinski definition) is 4. The van der Waals surface area contributed by atoms with Crippen molar-refractivity contribution in [3.63, 3.8) is 0 Å². The molecule has 0 bridgehead atoms. The first-order valence-electron chi connectivity index (χ1n) is 7.41. The first kappa shape index (κ1) is 15.2. The smallest absolute Gasteiger partial charge is 0.266 e. The summed E-state index contributed by atoms with van der Waals surface area (Å²) in [6.07, 6.45) is 4.18. The minimum atomic E-state index is -0.394. The number of fused-ring (bicyclic) bond motifs is 1. The van der Waals surface area contributed by atoms with Gasteiger partial charge >= 0.3 is 0 Å². The molecule has 3 rings (SSSR count). The lowest BCUT2D eigenvalue weighted by molar-refractivity contribution is 0.0909. The Morgan fingerprint density at radius 1 is 1.35 bits per heavy atom. The molecule has 5 heteroatoms. The van der Waals surface area contributed by atoms with Gasteiger partial charge in [0.2, 0.25) is 0 Å². The Hall–Kier alpha value is -2.69. The number of aromatic nitrogens is 2. The number of aliphatic hydroxyl groups excluding tert-OH is 1. The van der Waals surface area contributed by atoms with Gasteiger partial charge < -0.3 is 5.11 Å².